The van der Waals surface area contributed by atoms with Gasteiger partial charge in [0.25, 0.3) is 0 Å². The van der Waals surface area contributed by atoms with Gasteiger partial charge in [-0.15, -0.1) is 0 Å². The second kappa shape index (κ2) is 3.31. The van der Waals surface area contributed by atoms with Gasteiger partial charge in [-0.3, -0.25) is 0 Å². The van der Waals surface area contributed by atoms with Gasteiger partial charge in [-0.1, -0.05) is 36.4 Å². The van der Waals surface area contributed by atoms with E-state index in [4.69, 9.17) is 2.74 Å². The number of rotatable bonds is 0. The summed E-state index contributed by atoms with van der Waals surface area (Å²) in [6.45, 7) is 2.05. The number of nitrogens with zero attached hydrogens (tertiary/aromatic N) is 1. The van der Waals surface area contributed by atoms with Gasteiger partial charge in [0.1, 0.15) is 7.05 Å². The Balaban J connectivity index is 2.67. The lowest BCUT2D eigenvalue weighted by molar-refractivity contribution is -0.676. The Hall–Kier alpha value is -1.89. The van der Waals surface area contributed by atoms with Crippen molar-refractivity contribution in [3.8, 4) is 0 Å². The minimum Gasteiger partial charge on any atom is -0.205 e. The van der Waals surface area contributed by atoms with Crippen molar-refractivity contribution < 1.29 is 7.31 Å². The van der Waals surface area contributed by atoms with Crippen LogP contribution in [0.25, 0.3) is 21.5 Å². The van der Waals surface area contributed by atoms with Crippen molar-refractivity contribution in [3.05, 3.63) is 54.3 Å². The molecule has 0 fully saturated rings. The minimum absolute atomic E-state index is 0.279. The van der Waals surface area contributed by atoms with Crippen molar-refractivity contribution in [2.45, 2.75) is 6.92 Å². The number of hydrogen-bond donors (Lipinski definition) is 0. The van der Waals surface area contributed by atoms with E-state index in [0.29, 0.717) is 6.04 Å². The molecule has 0 atom stereocenters. The lowest BCUT2D eigenvalue weighted by Crippen LogP contribution is -2.31. The van der Waals surface area contributed by atoms with Crippen LogP contribution >= 0.6 is 0 Å². The molecular formula is C15H14N+. The summed E-state index contributed by atoms with van der Waals surface area (Å²) in [5.41, 5.74) is 1.12. The molecule has 1 heterocycles. The first-order valence-corrected chi connectivity index (χ1v) is 5.37. The van der Waals surface area contributed by atoms with Gasteiger partial charge in [0.05, 0.1) is 8.13 Å². The molecule has 1 aromatic heterocycles. The molecule has 3 rings (SSSR count). The Morgan fingerprint density at radius 3 is 2.81 bits per heavy atom. The fourth-order valence-electron chi connectivity index (χ4n) is 2.16. The quantitative estimate of drug-likeness (QED) is 0.398. The molecule has 0 amide bonds. The summed E-state index contributed by atoms with van der Waals surface area (Å²) in [5.74, 6) is 0. The second-order valence-electron chi connectivity index (χ2n) is 4.11. The molecule has 2 aromatic carbocycles. The zero-order chi connectivity index (χ0) is 12.9. The van der Waals surface area contributed by atoms with Crippen LogP contribution in [0.5, 0.6) is 0 Å². The maximum atomic E-state index is 8.14. The highest BCUT2D eigenvalue weighted by Gasteiger charge is 2.09. The van der Waals surface area contributed by atoms with Crippen LogP contribution in [0.4, 0.5) is 0 Å². The average molecular weight is 212 g/mol. The first-order valence-electron chi connectivity index (χ1n) is 6.37. The Bertz CT molecular complexity index is 712. The molecular weight excluding hydrogens is 194 g/mol. The van der Waals surface area contributed by atoms with Gasteiger partial charge >= 0.3 is 0 Å². The van der Waals surface area contributed by atoms with E-state index in [1.165, 1.54) is 0 Å². The smallest absolute Gasteiger partial charge is 0.186 e. The molecule has 1 nitrogen and oxygen atoms in total. The summed E-state index contributed by atoms with van der Waals surface area (Å²) in [4.78, 5) is 0. The van der Waals surface area contributed by atoms with Crippen LogP contribution in [0.2, 0.25) is 0 Å². The van der Waals surface area contributed by atoms with E-state index in [2.05, 4.69) is 23.6 Å². The third-order valence-corrected chi connectivity index (χ3v) is 3.18. The van der Waals surface area contributed by atoms with Gasteiger partial charge in [-0.2, -0.15) is 0 Å². The van der Waals surface area contributed by atoms with E-state index in [1.54, 1.807) is 6.07 Å². The monoisotopic (exact) mass is 212 g/mol. The maximum absolute atomic E-state index is 8.14. The van der Waals surface area contributed by atoms with Gasteiger partial charge < -0.3 is 0 Å². The molecule has 0 unspecified atom stereocenters. The summed E-state index contributed by atoms with van der Waals surface area (Å²) in [5, 5.41) is 4.11. The predicted octanol–water partition coefficient (Wildman–Crippen LogP) is 3.13. The summed E-state index contributed by atoms with van der Waals surface area (Å²) in [7, 11) is 2.00. The molecule has 3 aromatic rings. The van der Waals surface area contributed by atoms with Crippen LogP contribution in [-0.2, 0) is 7.05 Å². The number of benzene rings is 2. The minimum atomic E-state index is 0.279. The van der Waals surface area contributed by atoms with Gasteiger partial charge in [-0.05, 0) is 16.2 Å². The van der Waals surface area contributed by atoms with Crippen LogP contribution in [0.1, 0.15) is 8.44 Å². The zero-order valence-corrected chi connectivity index (χ0v) is 9.41. The SMILES string of the molecule is [3H]c1ccc2ccc3cc[n+](C)c(C)c3c2c1[3H]. The number of aryl methyl sites for hydroxylation is 2. The highest BCUT2D eigenvalue weighted by molar-refractivity contribution is 6.07. The molecule has 78 valence electrons. The molecule has 16 heavy (non-hydrogen) atoms. The van der Waals surface area contributed by atoms with E-state index in [1.807, 2.05) is 25.4 Å². The van der Waals surface area contributed by atoms with E-state index >= 15 is 0 Å². The van der Waals surface area contributed by atoms with Crippen molar-refractivity contribution in [2.75, 3.05) is 0 Å². The Kier molecular flexibility index (Phi) is 1.53. The molecule has 0 spiro atoms. The molecule has 1 heteroatoms. The number of aromatic nitrogens is 1. The summed E-state index contributed by atoms with van der Waals surface area (Å²) >= 11 is 0. The number of hydrogen-bond acceptors (Lipinski definition) is 0. The Labute approximate surface area is 97.8 Å². The van der Waals surface area contributed by atoms with Crippen LogP contribution < -0.4 is 4.57 Å². The highest BCUT2D eigenvalue weighted by Crippen LogP contribution is 2.25. The lowest BCUT2D eigenvalue weighted by atomic mass is 10.0. The fourth-order valence-corrected chi connectivity index (χ4v) is 2.16. The first-order chi connectivity index (χ1) is 8.59. The van der Waals surface area contributed by atoms with Crippen LogP contribution in [0, 0.1) is 6.92 Å². The number of fused-ring (bicyclic) bond motifs is 3. The molecule has 0 radical (unpaired) electrons. The van der Waals surface area contributed by atoms with Gasteiger partial charge in [0.2, 0.25) is 0 Å². The number of pyridine rings is 1. The molecule has 0 aliphatic carbocycles. The summed E-state index contributed by atoms with van der Waals surface area (Å²) in [6.07, 6.45) is 2.03. The molecule has 0 saturated carbocycles. The van der Waals surface area contributed by atoms with E-state index in [-0.39, 0.29) is 6.04 Å². The fraction of sp³-hybridized carbons (Fsp3) is 0.133. The van der Waals surface area contributed by atoms with Crippen LogP contribution in [-0.4, -0.2) is 0 Å². The standard InChI is InChI=1S/C15H14N/c1-11-15-13(9-10-16(11)2)8-7-12-5-3-4-6-14(12)15/h3-10H,1-2H3/q+1/i4T,6T. The van der Waals surface area contributed by atoms with E-state index in [9.17, 15) is 0 Å². The zero-order valence-electron chi connectivity index (χ0n) is 11.4. The molecule has 0 bridgehead atoms. The highest BCUT2D eigenvalue weighted by atomic mass is 14.9. The van der Waals surface area contributed by atoms with Crippen molar-refractivity contribution in [2.24, 2.45) is 7.05 Å². The lowest BCUT2D eigenvalue weighted by Gasteiger charge is -2.04. The first kappa shape index (κ1) is 7.39. The normalized spacial score (nSPS) is 12.9. The Morgan fingerprint density at radius 1 is 1.12 bits per heavy atom. The van der Waals surface area contributed by atoms with Crippen molar-refractivity contribution in [1.29, 1.82) is 0 Å². The summed E-state index contributed by atoms with van der Waals surface area (Å²) < 4.78 is 18.0. The topological polar surface area (TPSA) is 3.88 Å². The van der Waals surface area contributed by atoms with Gasteiger partial charge in [0.15, 0.2) is 11.9 Å². The van der Waals surface area contributed by atoms with Crippen molar-refractivity contribution in [3.63, 3.8) is 0 Å². The summed E-state index contributed by atoms with van der Waals surface area (Å²) in [6, 6.07) is 10.4. The molecule has 0 saturated heterocycles. The van der Waals surface area contributed by atoms with Gasteiger partial charge in [0, 0.05) is 13.0 Å². The van der Waals surface area contributed by atoms with Crippen molar-refractivity contribution in [1.82, 2.24) is 0 Å². The Morgan fingerprint density at radius 2 is 1.94 bits per heavy atom. The van der Waals surface area contributed by atoms with Crippen LogP contribution in [0.3, 0.4) is 0 Å². The molecule has 0 aliphatic rings. The molecule has 0 N–H and O–H groups in total. The van der Waals surface area contributed by atoms with Gasteiger partial charge in [-0.25, -0.2) is 4.57 Å². The predicted molar refractivity (Wildman–Crippen MR) is 67.4 cm³/mol. The van der Waals surface area contributed by atoms with E-state index < -0.39 is 0 Å². The largest absolute Gasteiger partial charge is 0.205 e. The average Bonchev–Trinajstić information content (AvgIpc) is 2.38. The third-order valence-electron chi connectivity index (χ3n) is 3.18. The maximum Gasteiger partial charge on any atom is 0.186 e. The third kappa shape index (κ3) is 1.21. The molecule has 0 aliphatic heterocycles. The second-order valence-corrected chi connectivity index (χ2v) is 4.11. The van der Waals surface area contributed by atoms with Crippen molar-refractivity contribution >= 4 is 21.5 Å². The van der Waals surface area contributed by atoms with E-state index in [0.717, 1.165) is 27.2 Å². The van der Waals surface area contributed by atoms with Crippen LogP contribution in [0.15, 0.2) is 48.6 Å².